The highest BCUT2D eigenvalue weighted by Gasteiger charge is 2.11. The van der Waals surface area contributed by atoms with Gasteiger partial charge < -0.3 is 15.2 Å². The van der Waals surface area contributed by atoms with Crippen LogP contribution in [-0.2, 0) is 6.54 Å². The highest BCUT2D eigenvalue weighted by Crippen LogP contribution is 2.27. The lowest BCUT2D eigenvalue weighted by molar-refractivity contribution is 0.0702. The molecule has 5 nitrogen and oxygen atoms in total. The molecule has 1 aromatic carbocycles. The Morgan fingerprint density at radius 2 is 2.24 bits per heavy atom. The van der Waals surface area contributed by atoms with Gasteiger partial charge in [-0.1, -0.05) is 0 Å². The zero-order valence-electron chi connectivity index (χ0n) is 11.6. The van der Waals surface area contributed by atoms with E-state index < -0.39 is 5.97 Å². The summed E-state index contributed by atoms with van der Waals surface area (Å²) in [5, 5.41) is 21.1. The fraction of sp³-hybridized carbons (Fsp3) is 0.200. The predicted molar refractivity (Wildman–Crippen MR) is 81.1 cm³/mol. The first kappa shape index (κ1) is 14.9. The first-order chi connectivity index (χ1) is 10.0. The lowest BCUT2D eigenvalue weighted by Gasteiger charge is -2.11. The zero-order chi connectivity index (χ0) is 15.4. The number of ether oxygens (including phenoxy) is 1. The average Bonchev–Trinajstić information content (AvgIpc) is 2.86. The van der Waals surface area contributed by atoms with Gasteiger partial charge in [0.15, 0.2) is 0 Å². The molecule has 0 unspecified atom stereocenters. The smallest absolute Gasteiger partial charge is 0.345 e. The van der Waals surface area contributed by atoms with Crippen LogP contribution in [0.2, 0.25) is 0 Å². The zero-order valence-corrected chi connectivity index (χ0v) is 12.5. The summed E-state index contributed by atoms with van der Waals surface area (Å²) < 4.78 is 5.24. The minimum atomic E-state index is -0.912. The van der Waals surface area contributed by atoms with E-state index in [1.165, 1.54) is 11.3 Å². The monoisotopic (exact) mass is 302 g/mol. The fourth-order valence-electron chi connectivity index (χ4n) is 1.90. The summed E-state index contributed by atoms with van der Waals surface area (Å²) in [6.45, 7) is 2.39. The van der Waals surface area contributed by atoms with Gasteiger partial charge in [0.1, 0.15) is 10.6 Å². The summed E-state index contributed by atoms with van der Waals surface area (Å²) in [5.41, 5.74) is 2.22. The number of aryl methyl sites for hydroxylation is 1. The van der Waals surface area contributed by atoms with Crippen LogP contribution in [0.15, 0.2) is 24.3 Å². The molecule has 0 radical (unpaired) electrons. The number of carboxylic acids is 1. The Morgan fingerprint density at radius 1 is 1.48 bits per heavy atom. The van der Waals surface area contributed by atoms with Crippen molar-refractivity contribution in [1.82, 2.24) is 0 Å². The van der Waals surface area contributed by atoms with Crippen molar-refractivity contribution in [2.24, 2.45) is 0 Å². The highest BCUT2D eigenvalue weighted by atomic mass is 32.1. The van der Waals surface area contributed by atoms with Crippen LogP contribution in [-0.4, -0.2) is 18.2 Å². The molecule has 0 aliphatic carbocycles. The van der Waals surface area contributed by atoms with Gasteiger partial charge in [-0.15, -0.1) is 11.3 Å². The Labute approximate surface area is 126 Å². The summed E-state index contributed by atoms with van der Waals surface area (Å²) in [4.78, 5) is 12.2. The lowest BCUT2D eigenvalue weighted by Crippen LogP contribution is -2.02. The van der Waals surface area contributed by atoms with Crippen molar-refractivity contribution in [3.8, 4) is 11.8 Å². The van der Waals surface area contributed by atoms with E-state index in [9.17, 15) is 4.79 Å². The molecule has 108 valence electrons. The van der Waals surface area contributed by atoms with Crippen LogP contribution in [0.1, 0.15) is 25.7 Å². The van der Waals surface area contributed by atoms with Crippen molar-refractivity contribution in [2.75, 3.05) is 12.4 Å². The van der Waals surface area contributed by atoms with E-state index >= 15 is 0 Å². The minimum absolute atomic E-state index is 0.330. The maximum Gasteiger partial charge on any atom is 0.345 e. The van der Waals surface area contributed by atoms with E-state index in [-0.39, 0.29) is 0 Å². The van der Waals surface area contributed by atoms with E-state index in [2.05, 4.69) is 11.4 Å². The van der Waals surface area contributed by atoms with Crippen LogP contribution >= 0.6 is 11.3 Å². The van der Waals surface area contributed by atoms with Crippen LogP contribution in [0, 0.1) is 18.3 Å². The van der Waals surface area contributed by atoms with Gasteiger partial charge in [0, 0.05) is 17.5 Å². The van der Waals surface area contributed by atoms with Crippen LogP contribution in [0.4, 0.5) is 5.69 Å². The quantitative estimate of drug-likeness (QED) is 0.886. The second-order valence-electron chi connectivity index (χ2n) is 4.38. The van der Waals surface area contributed by atoms with Gasteiger partial charge in [-0.3, -0.25) is 0 Å². The number of hydrogen-bond donors (Lipinski definition) is 2. The van der Waals surface area contributed by atoms with Gasteiger partial charge in [0.2, 0.25) is 0 Å². The fourth-order valence-corrected chi connectivity index (χ4v) is 2.78. The van der Waals surface area contributed by atoms with E-state index in [0.717, 1.165) is 16.1 Å². The van der Waals surface area contributed by atoms with E-state index in [1.54, 1.807) is 31.4 Å². The van der Waals surface area contributed by atoms with Gasteiger partial charge in [-0.2, -0.15) is 5.26 Å². The first-order valence-corrected chi connectivity index (χ1v) is 7.01. The Balaban J connectivity index is 2.17. The summed E-state index contributed by atoms with van der Waals surface area (Å²) in [6.07, 6.45) is 0. The topological polar surface area (TPSA) is 82.3 Å². The molecule has 6 heteroatoms. The molecule has 2 rings (SSSR count). The third kappa shape index (κ3) is 3.33. The van der Waals surface area contributed by atoms with Crippen LogP contribution < -0.4 is 10.1 Å². The summed E-state index contributed by atoms with van der Waals surface area (Å²) >= 11 is 1.26. The van der Waals surface area contributed by atoms with Gasteiger partial charge in [-0.25, -0.2) is 4.79 Å². The van der Waals surface area contributed by atoms with Crippen LogP contribution in [0.3, 0.4) is 0 Å². The Morgan fingerprint density at radius 3 is 2.81 bits per heavy atom. The summed E-state index contributed by atoms with van der Waals surface area (Å²) in [7, 11) is 1.54. The number of methoxy groups -OCH3 is 1. The molecular formula is C15H14N2O3S. The summed E-state index contributed by atoms with van der Waals surface area (Å²) in [5.74, 6) is -0.328. The van der Waals surface area contributed by atoms with Crippen molar-refractivity contribution in [3.63, 3.8) is 0 Å². The molecule has 0 fully saturated rings. The van der Waals surface area contributed by atoms with Gasteiger partial charge >= 0.3 is 5.97 Å². The molecule has 1 heterocycles. The van der Waals surface area contributed by atoms with Crippen molar-refractivity contribution >= 4 is 23.0 Å². The van der Waals surface area contributed by atoms with E-state index in [4.69, 9.17) is 15.1 Å². The van der Waals surface area contributed by atoms with Crippen LogP contribution in [0.25, 0.3) is 0 Å². The van der Waals surface area contributed by atoms with Crippen molar-refractivity contribution in [1.29, 1.82) is 5.26 Å². The molecule has 21 heavy (non-hydrogen) atoms. The average molecular weight is 302 g/mol. The number of nitrogens with zero attached hydrogens (tertiary/aromatic N) is 1. The SMILES string of the molecule is COc1cc(C#N)ccc1NCc1cc(C(=O)O)sc1C. The number of rotatable bonds is 5. The second-order valence-corrected chi connectivity index (χ2v) is 5.63. The number of anilines is 1. The normalized spacial score (nSPS) is 9.95. The molecule has 0 aliphatic rings. The molecule has 0 spiro atoms. The standard InChI is InChI=1S/C15H14N2O3S/c1-9-11(6-14(21-9)15(18)19)8-17-12-4-3-10(7-16)5-13(12)20-2/h3-6,17H,8H2,1-2H3,(H,18,19). The molecule has 2 N–H and O–H groups in total. The molecule has 0 aliphatic heterocycles. The number of nitriles is 1. The Bertz CT molecular complexity index is 716. The number of hydrogen-bond acceptors (Lipinski definition) is 5. The highest BCUT2D eigenvalue weighted by molar-refractivity contribution is 7.14. The first-order valence-electron chi connectivity index (χ1n) is 6.19. The van der Waals surface area contributed by atoms with Crippen LogP contribution in [0.5, 0.6) is 5.75 Å². The van der Waals surface area contributed by atoms with Crippen molar-refractivity contribution in [3.05, 3.63) is 45.1 Å². The Hall–Kier alpha value is -2.52. The van der Waals surface area contributed by atoms with E-state index in [1.807, 2.05) is 6.92 Å². The number of thiophene rings is 1. The van der Waals surface area contributed by atoms with Gasteiger partial charge in [0.05, 0.1) is 24.4 Å². The molecule has 0 atom stereocenters. The lowest BCUT2D eigenvalue weighted by atomic mass is 10.2. The predicted octanol–water partition coefficient (Wildman–Crippen LogP) is 3.25. The molecular weight excluding hydrogens is 288 g/mol. The van der Waals surface area contributed by atoms with Gasteiger partial charge in [0.25, 0.3) is 0 Å². The Kier molecular flexibility index (Phi) is 4.45. The maximum atomic E-state index is 11.0. The minimum Gasteiger partial charge on any atom is -0.495 e. The largest absolute Gasteiger partial charge is 0.495 e. The summed E-state index contributed by atoms with van der Waals surface area (Å²) in [6, 6.07) is 8.86. The second kappa shape index (κ2) is 6.29. The van der Waals surface area contributed by atoms with Crippen molar-refractivity contribution in [2.45, 2.75) is 13.5 Å². The molecule has 0 saturated heterocycles. The molecule has 1 aromatic heterocycles. The maximum absolute atomic E-state index is 11.0. The third-order valence-corrected chi connectivity index (χ3v) is 4.11. The van der Waals surface area contributed by atoms with E-state index in [0.29, 0.717) is 22.7 Å². The third-order valence-electron chi connectivity index (χ3n) is 3.03. The van der Waals surface area contributed by atoms with Gasteiger partial charge in [-0.05, 0) is 30.7 Å². The molecule has 0 bridgehead atoms. The number of carboxylic acid groups (broad SMARTS) is 1. The molecule has 0 amide bonds. The number of carbonyl (C=O) groups is 1. The molecule has 2 aromatic rings. The number of aromatic carboxylic acids is 1. The molecule has 0 saturated carbocycles. The van der Waals surface area contributed by atoms with Crippen molar-refractivity contribution < 1.29 is 14.6 Å². The number of benzene rings is 1. The number of nitrogens with one attached hydrogen (secondary N) is 1.